The maximum atomic E-state index is 11.7. The molecule has 1 aliphatic rings. The normalized spacial score (nSPS) is 17.0. The van der Waals surface area contributed by atoms with Gasteiger partial charge >= 0.3 is 0 Å². The maximum absolute atomic E-state index is 11.7. The van der Waals surface area contributed by atoms with Gasteiger partial charge in [-0.05, 0) is 36.5 Å². The van der Waals surface area contributed by atoms with Crippen molar-refractivity contribution in [3.8, 4) is 0 Å². The highest BCUT2D eigenvalue weighted by Crippen LogP contribution is 2.23. The van der Waals surface area contributed by atoms with Crippen LogP contribution in [-0.2, 0) is 14.3 Å². The van der Waals surface area contributed by atoms with Gasteiger partial charge in [0.15, 0.2) is 5.96 Å². The van der Waals surface area contributed by atoms with Gasteiger partial charge in [-0.2, -0.15) is 0 Å². The predicted octanol–water partition coefficient (Wildman–Crippen LogP) is 1.91. The summed E-state index contributed by atoms with van der Waals surface area (Å²) in [6.07, 6.45) is 3.80. The Hall–Kier alpha value is -1.63. The van der Waals surface area contributed by atoms with Gasteiger partial charge < -0.3 is 15.8 Å². The number of ether oxygens (including phenoxy) is 1. The molecular weight excluding hydrogens is 332 g/mol. The smallest absolute Gasteiger partial charge is 0.255 e. The van der Waals surface area contributed by atoms with E-state index in [2.05, 4.69) is 44.9 Å². The number of nitrogens with zero attached hydrogens (tertiary/aromatic N) is 2. The molecule has 1 fully saturated rings. The number of nitrogens with one attached hydrogen (secondary N) is 1. The zero-order valence-electron chi connectivity index (χ0n) is 17.1. The van der Waals surface area contributed by atoms with Crippen LogP contribution in [-0.4, -0.2) is 55.5 Å². The van der Waals surface area contributed by atoms with E-state index in [0.29, 0.717) is 24.5 Å². The minimum absolute atomic E-state index is 0.00313. The lowest BCUT2D eigenvalue weighted by molar-refractivity contribution is -0.158. The Morgan fingerprint density at radius 2 is 1.73 bits per heavy atom. The third-order valence-corrected chi connectivity index (χ3v) is 4.38. The lowest BCUT2D eigenvalue weighted by Crippen LogP contribution is -2.46. The molecule has 0 saturated carbocycles. The Morgan fingerprint density at radius 3 is 2.31 bits per heavy atom. The molecule has 0 radical (unpaired) electrons. The predicted molar refractivity (Wildman–Crippen MR) is 104 cm³/mol. The van der Waals surface area contributed by atoms with E-state index >= 15 is 0 Å². The van der Waals surface area contributed by atoms with Crippen molar-refractivity contribution in [2.75, 3.05) is 32.8 Å². The fourth-order valence-electron chi connectivity index (χ4n) is 2.76. The third kappa shape index (κ3) is 9.17. The van der Waals surface area contributed by atoms with E-state index in [1.54, 1.807) is 0 Å². The van der Waals surface area contributed by atoms with Crippen LogP contribution in [0.5, 0.6) is 0 Å². The van der Waals surface area contributed by atoms with Gasteiger partial charge in [-0.1, -0.05) is 34.6 Å². The van der Waals surface area contributed by atoms with E-state index in [1.807, 2.05) is 0 Å². The zero-order chi connectivity index (χ0) is 19.8. The number of rotatable bonds is 9. The minimum atomic E-state index is -0.249. The second-order valence-electron chi connectivity index (χ2n) is 8.99. The van der Waals surface area contributed by atoms with Gasteiger partial charge in [0.05, 0.1) is 0 Å². The van der Waals surface area contributed by atoms with Gasteiger partial charge in [0.2, 0.25) is 0 Å². The number of hydrogen-bond donors (Lipinski definition) is 2. The van der Waals surface area contributed by atoms with Crippen LogP contribution < -0.4 is 11.1 Å². The van der Waals surface area contributed by atoms with E-state index in [1.165, 1.54) is 4.90 Å². The molecule has 1 heterocycles. The lowest BCUT2D eigenvalue weighted by atomic mass is 9.88. The van der Waals surface area contributed by atoms with E-state index < -0.39 is 0 Å². The molecule has 150 valence electrons. The second kappa shape index (κ2) is 9.90. The summed E-state index contributed by atoms with van der Waals surface area (Å²) in [6, 6.07) is 0. The van der Waals surface area contributed by atoms with E-state index in [9.17, 15) is 9.59 Å². The number of aliphatic imine (C=N–C) groups is 1. The highest BCUT2D eigenvalue weighted by Gasteiger charge is 2.27. The fourth-order valence-corrected chi connectivity index (χ4v) is 2.76. The fraction of sp³-hybridized carbons (Fsp3) is 0.842. The standard InChI is InChI=1S/C19H36N4O3/c1-18(2,3)8-6-10-21-17(20)22-14-19(4,5)9-7-11-23-15(24)12-26-13-16(23)25/h6-14H2,1-5H3,(H3,20,21,22). The van der Waals surface area contributed by atoms with Crippen molar-refractivity contribution >= 4 is 17.8 Å². The first kappa shape index (κ1) is 22.4. The first-order valence-corrected chi connectivity index (χ1v) is 9.45. The lowest BCUT2D eigenvalue weighted by Gasteiger charge is -2.27. The first-order chi connectivity index (χ1) is 12.0. The Bertz CT molecular complexity index is 493. The molecule has 0 bridgehead atoms. The number of guanidine groups is 1. The number of carbonyl (C=O) groups is 2. The van der Waals surface area contributed by atoms with Gasteiger partial charge in [0, 0.05) is 19.6 Å². The van der Waals surface area contributed by atoms with Crippen molar-refractivity contribution in [1.29, 1.82) is 0 Å². The van der Waals surface area contributed by atoms with Crippen LogP contribution in [0.4, 0.5) is 0 Å². The van der Waals surface area contributed by atoms with Crippen LogP contribution >= 0.6 is 0 Å². The van der Waals surface area contributed by atoms with Crippen LogP contribution in [0.3, 0.4) is 0 Å². The number of carbonyl (C=O) groups excluding carboxylic acids is 2. The van der Waals surface area contributed by atoms with Crippen molar-refractivity contribution in [3.05, 3.63) is 0 Å². The van der Waals surface area contributed by atoms with Crippen LogP contribution in [0.15, 0.2) is 4.99 Å². The molecule has 0 aromatic rings. The Kier molecular flexibility index (Phi) is 8.53. The topological polar surface area (TPSA) is 97.0 Å². The van der Waals surface area contributed by atoms with Crippen LogP contribution in [0.2, 0.25) is 0 Å². The number of nitrogens with two attached hydrogens (primary N) is 1. The number of hydrogen-bond acceptors (Lipinski definition) is 4. The quantitative estimate of drug-likeness (QED) is 0.280. The molecule has 2 amide bonds. The van der Waals surface area contributed by atoms with Crippen molar-refractivity contribution in [1.82, 2.24) is 10.2 Å². The summed E-state index contributed by atoms with van der Waals surface area (Å²) in [5, 5.41) is 3.16. The second-order valence-corrected chi connectivity index (χ2v) is 8.99. The van der Waals surface area contributed by atoms with Crippen molar-refractivity contribution < 1.29 is 14.3 Å². The highest BCUT2D eigenvalue weighted by atomic mass is 16.5. The average Bonchev–Trinajstić information content (AvgIpc) is 2.52. The Balaban J connectivity index is 2.29. The molecule has 0 spiro atoms. The summed E-state index contributed by atoms with van der Waals surface area (Å²) >= 11 is 0. The van der Waals surface area contributed by atoms with Crippen molar-refractivity contribution in [3.63, 3.8) is 0 Å². The number of imide groups is 1. The molecule has 7 nitrogen and oxygen atoms in total. The van der Waals surface area contributed by atoms with Crippen LogP contribution in [0.25, 0.3) is 0 Å². The van der Waals surface area contributed by atoms with Crippen molar-refractivity contribution in [2.24, 2.45) is 21.6 Å². The van der Waals surface area contributed by atoms with Gasteiger partial charge in [0.1, 0.15) is 13.2 Å². The molecule has 1 rings (SSSR count). The van der Waals surface area contributed by atoms with Crippen molar-refractivity contribution in [2.45, 2.75) is 60.3 Å². The molecule has 0 aromatic carbocycles. The minimum Gasteiger partial charge on any atom is -0.370 e. The third-order valence-electron chi connectivity index (χ3n) is 4.38. The number of amides is 2. The van der Waals surface area contributed by atoms with Gasteiger partial charge in [-0.3, -0.25) is 19.5 Å². The molecule has 0 aromatic heterocycles. The summed E-state index contributed by atoms with van der Waals surface area (Å²) in [6.45, 7) is 12.8. The summed E-state index contributed by atoms with van der Waals surface area (Å²) < 4.78 is 4.92. The molecule has 0 atom stereocenters. The summed E-state index contributed by atoms with van der Waals surface area (Å²) in [5.74, 6) is -0.0212. The van der Waals surface area contributed by atoms with Gasteiger partial charge in [0.25, 0.3) is 11.8 Å². The van der Waals surface area contributed by atoms with E-state index in [0.717, 1.165) is 32.2 Å². The van der Waals surface area contributed by atoms with Gasteiger partial charge in [-0.25, -0.2) is 0 Å². The Labute approximate surface area is 157 Å². The highest BCUT2D eigenvalue weighted by molar-refractivity contribution is 5.98. The van der Waals surface area contributed by atoms with E-state index in [-0.39, 0.29) is 30.4 Å². The molecule has 0 unspecified atom stereocenters. The monoisotopic (exact) mass is 368 g/mol. The zero-order valence-corrected chi connectivity index (χ0v) is 17.1. The molecule has 7 heteroatoms. The summed E-state index contributed by atoms with van der Waals surface area (Å²) in [4.78, 5) is 29.1. The molecule has 1 saturated heterocycles. The molecule has 1 aliphatic heterocycles. The largest absolute Gasteiger partial charge is 0.370 e. The summed E-state index contributed by atoms with van der Waals surface area (Å²) in [7, 11) is 0. The molecule has 26 heavy (non-hydrogen) atoms. The van der Waals surface area contributed by atoms with Crippen LogP contribution in [0.1, 0.15) is 60.3 Å². The van der Waals surface area contributed by atoms with Crippen LogP contribution in [0, 0.1) is 10.8 Å². The summed E-state index contributed by atoms with van der Waals surface area (Å²) in [5.41, 5.74) is 6.23. The molecule has 3 N–H and O–H groups in total. The molecule has 0 aliphatic carbocycles. The number of morpholine rings is 1. The average molecular weight is 369 g/mol. The SMILES string of the molecule is CC(C)(C)CCCNC(N)=NCC(C)(C)CCCN1C(=O)COCC1=O. The van der Waals surface area contributed by atoms with E-state index in [4.69, 9.17) is 10.5 Å². The maximum Gasteiger partial charge on any atom is 0.255 e. The molecular formula is C19H36N4O3. The Morgan fingerprint density at radius 1 is 1.12 bits per heavy atom. The first-order valence-electron chi connectivity index (χ1n) is 9.45. The van der Waals surface area contributed by atoms with Gasteiger partial charge in [-0.15, -0.1) is 0 Å².